The van der Waals surface area contributed by atoms with Crippen LogP contribution < -0.4 is 16.6 Å². The first-order valence-electron chi connectivity index (χ1n) is 11.6. The number of hydrogen-bond donors (Lipinski definition) is 2. The van der Waals surface area contributed by atoms with Crippen LogP contribution in [0.2, 0.25) is 0 Å². The first kappa shape index (κ1) is 23.2. The molecule has 0 radical (unpaired) electrons. The third-order valence-corrected chi connectivity index (χ3v) is 6.15. The number of aromatic nitrogens is 6. The standard InChI is InChI=1S/C26H26N8O2/c1-5-17(31-23-21(22(27)28-13-29-23)24-30-16(4)36-33-24)25-32-18-11-8-10-15(3)20(18)26(35)34(25)19-12-7-6-9-14(19)2/h6-13,17H,5H2,1-4H3,(H3,27,28,29,31). The zero-order valence-corrected chi connectivity index (χ0v) is 20.5. The highest BCUT2D eigenvalue weighted by Gasteiger charge is 2.25. The quantitative estimate of drug-likeness (QED) is 0.363. The Labute approximate surface area is 207 Å². The summed E-state index contributed by atoms with van der Waals surface area (Å²) >= 11 is 0. The number of aryl methyl sites for hydroxylation is 3. The molecule has 3 N–H and O–H groups in total. The summed E-state index contributed by atoms with van der Waals surface area (Å²) in [5.74, 6) is 1.86. The molecule has 0 aliphatic rings. The molecular formula is C26H26N8O2. The van der Waals surface area contributed by atoms with E-state index in [-0.39, 0.29) is 17.2 Å². The van der Waals surface area contributed by atoms with Crippen LogP contribution in [0.5, 0.6) is 0 Å². The molecule has 0 aliphatic heterocycles. The molecule has 1 unspecified atom stereocenters. The lowest BCUT2D eigenvalue weighted by Gasteiger charge is -2.24. The number of rotatable bonds is 6. The van der Waals surface area contributed by atoms with Crippen molar-refractivity contribution in [2.75, 3.05) is 11.1 Å². The highest BCUT2D eigenvalue weighted by atomic mass is 16.5. The number of nitrogens with one attached hydrogen (secondary N) is 1. The van der Waals surface area contributed by atoms with Crippen molar-refractivity contribution >= 4 is 22.5 Å². The van der Waals surface area contributed by atoms with Gasteiger partial charge in [0.05, 0.1) is 22.6 Å². The lowest BCUT2D eigenvalue weighted by atomic mass is 10.1. The molecule has 10 nitrogen and oxygen atoms in total. The van der Waals surface area contributed by atoms with Gasteiger partial charge in [0, 0.05) is 6.92 Å². The zero-order chi connectivity index (χ0) is 25.4. The van der Waals surface area contributed by atoms with Gasteiger partial charge in [0.1, 0.15) is 29.4 Å². The fourth-order valence-electron chi connectivity index (χ4n) is 4.34. The highest BCUT2D eigenvalue weighted by molar-refractivity contribution is 5.82. The number of anilines is 2. The van der Waals surface area contributed by atoms with E-state index in [1.54, 1.807) is 11.5 Å². The smallest absolute Gasteiger partial charge is 0.266 e. The topological polar surface area (TPSA) is 138 Å². The Hall–Kier alpha value is -4.60. The number of para-hydroxylation sites is 1. The molecule has 0 spiro atoms. The Morgan fingerprint density at radius 2 is 1.81 bits per heavy atom. The van der Waals surface area contributed by atoms with Crippen LogP contribution in [0.15, 0.2) is 58.1 Å². The molecule has 10 heteroatoms. The molecule has 3 heterocycles. The lowest BCUT2D eigenvalue weighted by Crippen LogP contribution is -2.29. The highest BCUT2D eigenvalue weighted by Crippen LogP contribution is 2.32. The number of nitrogen functional groups attached to an aromatic ring is 1. The molecular weight excluding hydrogens is 456 g/mol. The van der Waals surface area contributed by atoms with Crippen LogP contribution >= 0.6 is 0 Å². The molecule has 0 aliphatic carbocycles. The average Bonchev–Trinajstić information content (AvgIpc) is 3.28. The summed E-state index contributed by atoms with van der Waals surface area (Å²) in [6, 6.07) is 13.0. The van der Waals surface area contributed by atoms with Gasteiger partial charge in [-0.3, -0.25) is 9.36 Å². The maximum absolute atomic E-state index is 14.0. The first-order valence-corrected chi connectivity index (χ1v) is 11.6. The molecule has 0 amide bonds. The Kier molecular flexibility index (Phi) is 5.93. The van der Waals surface area contributed by atoms with Crippen LogP contribution in [0.4, 0.5) is 11.6 Å². The largest absolute Gasteiger partial charge is 0.383 e. The molecule has 182 valence electrons. The van der Waals surface area contributed by atoms with E-state index in [0.717, 1.165) is 16.8 Å². The van der Waals surface area contributed by atoms with Gasteiger partial charge in [-0.25, -0.2) is 15.0 Å². The minimum Gasteiger partial charge on any atom is -0.383 e. The SMILES string of the molecule is CCC(Nc1ncnc(N)c1-c1noc(C)n1)c1nc2cccc(C)c2c(=O)n1-c1ccccc1C. The molecule has 3 aromatic heterocycles. The van der Waals surface area contributed by atoms with Gasteiger partial charge in [-0.2, -0.15) is 4.98 Å². The summed E-state index contributed by atoms with van der Waals surface area (Å²) in [5.41, 5.74) is 9.73. The maximum Gasteiger partial charge on any atom is 0.266 e. The minimum atomic E-state index is -0.400. The zero-order valence-electron chi connectivity index (χ0n) is 20.5. The molecule has 5 aromatic rings. The fraction of sp³-hybridized carbons (Fsp3) is 0.231. The fourth-order valence-corrected chi connectivity index (χ4v) is 4.34. The summed E-state index contributed by atoms with van der Waals surface area (Å²) in [7, 11) is 0. The summed E-state index contributed by atoms with van der Waals surface area (Å²) in [4.78, 5) is 31.8. The van der Waals surface area contributed by atoms with Gasteiger partial charge in [-0.1, -0.05) is 42.4 Å². The van der Waals surface area contributed by atoms with Gasteiger partial charge >= 0.3 is 0 Å². The Morgan fingerprint density at radius 3 is 2.53 bits per heavy atom. The molecule has 5 rings (SSSR count). The number of nitrogens with zero attached hydrogens (tertiary/aromatic N) is 6. The lowest BCUT2D eigenvalue weighted by molar-refractivity contribution is 0.394. The van der Waals surface area contributed by atoms with Gasteiger partial charge in [-0.05, 0) is 43.5 Å². The van der Waals surface area contributed by atoms with E-state index >= 15 is 0 Å². The predicted octanol–water partition coefficient (Wildman–Crippen LogP) is 4.30. The van der Waals surface area contributed by atoms with Crippen LogP contribution in [-0.2, 0) is 0 Å². The minimum absolute atomic E-state index is 0.126. The number of hydrogen-bond acceptors (Lipinski definition) is 9. The van der Waals surface area contributed by atoms with E-state index in [2.05, 4.69) is 25.4 Å². The van der Waals surface area contributed by atoms with Crippen molar-refractivity contribution in [3.8, 4) is 17.1 Å². The van der Waals surface area contributed by atoms with Crippen LogP contribution in [0.25, 0.3) is 28.0 Å². The third kappa shape index (κ3) is 3.96. The molecule has 0 saturated heterocycles. The van der Waals surface area contributed by atoms with Crippen LogP contribution in [0.1, 0.15) is 42.2 Å². The van der Waals surface area contributed by atoms with Crippen molar-refractivity contribution < 1.29 is 4.52 Å². The second-order valence-electron chi connectivity index (χ2n) is 8.59. The van der Waals surface area contributed by atoms with Crippen molar-refractivity contribution in [1.82, 2.24) is 29.7 Å². The second-order valence-corrected chi connectivity index (χ2v) is 8.59. The Balaban J connectivity index is 1.73. The summed E-state index contributed by atoms with van der Waals surface area (Å²) in [6.45, 7) is 7.60. The monoisotopic (exact) mass is 482 g/mol. The Bertz CT molecular complexity index is 1640. The molecule has 0 saturated carbocycles. The molecule has 0 fully saturated rings. The summed E-state index contributed by atoms with van der Waals surface area (Å²) < 4.78 is 6.84. The summed E-state index contributed by atoms with van der Waals surface area (Å²) in [5, 5.41) is 8.01. The van der Waals surface area contributed by atoms with E-state index in [1.165, 1.54) is 6.33 Å². The van der Waals surface area contributed by atoms with E-state index in [4.69, 9.17) is 15.2 Å². The van der Waals surface area contributed by atoms with E-state index in [0.29, 0.717) is 40.4 Å². The van der Waals surface area contributed by atoms with E-state index < -0.39 is 6.04 Å². The van der Waals surface area contributed by atoms with E-state index in [1.807, 2.05) is 63.2 Å². The number of nitrogens with two attached hydrogens (primary N) is 1. The maximum atomic E-state index is 14.0. The third-order valence-electron chi connectivity index (χ3n) is 6.15. The molecule has 2 aromatic carbocycles. The number of fused-ring (bicyclic) bond motifs is 1. The molecule has 0 bridgehead atoms. The van der Waals surface area contributed by atoms with E-state index in [9.17, 15) is 4.79 Å². The van der Waals surface area contributed by atoms with Crippen LogP contribution in [0.3, 0.4) is 0 Å². The van der Waals surface area contributed by atoms with Crippen molar-refractivity contribution in [3.05, 3.63) is 82.0 Å². The van der Waals surface area contributed by atoms with Crippen molar-refractivity contribution in [1.29, 1.82) is 0 Å². The normalized spacial score (nSPS) is 12.1. The van der Waals surface area contributed by atoms with Gasteiger partial charge in [0.25, 0.3) is 5.56 Å². The van der Waals surface area contributed by atoms with Gasteiger partial charge < -0.3 is 15.6 Å². The van der Waals surface area contributed by atoms with Crippen LogP contribution in [0, 0.1) is 20.8 Å². The van der Waals surface area contributed by atoms with Crippen molar-refractivity contribution in [2.24, 2.45) is 0 Å². The molecule has 36 heavy (non-hydrogen) atoms. The second kappa shape index (κ2) is 9.21. The summed E-state index contributed by atoms with van der Waals surface area (Å²) in [6.07, 6.45) is 1.97. The number of benzene rings is 2. The van der Waals surface area contributed by atoms with Crippen LogP contribution in [-0.4, -0.2) is 29.7 Å². The Morgan fingerprint density at radius 1 is 1.03 bits per heavy atom. The molecule has 1 atom stereocenters. The van der Waals surface area contributed by atoms with Gasteiger partial charge in [-0.15, -0.1) is 0 Å². The van der Waals surface area contributed by atoms with Crippen molar-refractivity contribution in [2.45, 2.75) is 40.2 Å². The van der Waals surface area contributed by atoms with Crippen molar-refractivity contribution in [3.63, 3.8) is 0 Å². The first-order chi connectivity index (χ1) is 17.4. The van der Waals surface area contributed by atoms with Gasteiger partial charge in [0.15, 0.2) is 0 Å². The predicted molar refractivity (Wildman–Crippen MR) is 138 cm³/mol. The van der Waals surface area contributed by atoms with Gasteiger partial charge in [0.2, 0.25) is 11.7 Å². The average molecular weight is 483 g/mol.